The lowest BCUT2D eigenvalue weighted by molar-refractivity contribution is -0.127. The Morgan fingerprint density at radius 2 is 2.22 bits per heavy atom. The standard InChI is InChI=1S/C13H19BrN2O2/c1-4-16-13(17)9(2)18-11-5-6-12(14)10(7-11)8-15-3/h5-7,9,15H,4,8H2,1-3H3,(H,16,17). The van der Waals surface area contributed by atoms with Gasteiger partial charge in [-0.15, -0.1) is 0 Å². The zero-order chi connectivity index (χ0) is 13.5. The van der Waals surface area contributed by atoms with Gasteiger partial charge in [-0.3, -0.25) is 4.79 Å². The summed E-state index contributed by atoms with van der Waals surface area (Å²) in [6, 6.07) is 5.70. The average Bonchev–Trinajstić information content (AvgIpc) is 2.34. The minimum Gasteiger partial charge on any atom is -0.481 e. The third-order valence-corrected chi connectivity index (χ3v) is 3.19. The van der Waals surface area contributed by atoms with Gasteiger partial charge in [0.1, 0.15) is 5.75 Å². The fourth-order valence-corrected chi connectivity index (χ4v) is 1.91. The Balaban J connectivity index is 2.72. The van der Waals surface area contributed by atoms with Crippen LogP contribution < -0.4 is 15.4 Å². The van der Waals surface area contributed by atoms with Crippen molar-refractivity contribution in [3.8, 4) is 5.75 Å². The number of hydrogen-bond acceptors (Lipinski definition) is 3. The summed E-state index contributed by atoms with van der Waals surface area (Å²) in [4.78, 5) is 11.6. The van der Waals surface area contributed by atoms with Crippen molar-refractivity contribution in [2.45, 2.75) is 26.5 Å². The number of rotatable bonds is 6. The van der Waals surface area contributed by atoms with Gasteiger partial charge in [-0.2, -0.15) is 0 Å². The first-order valence-corrected chi connectivity index (χ1v) is 6.75. The number of ether oxygens (including phenoxy) is 1. The summed E-state index contributed by atoms with van der Waals surface area (Å²) in [6.07, 6.45) is -0.492. The zero-order valence-corrected chi connectivity index (χ0v) is 12.5. The maximum atomic E-state index is 11.6. The van der Waals surface area contributed by atoms with Crippen molar-refractivity contribution in [3.63, 3.8) is 0 Å². The van der Waals surface area contributed by atoms with Crippen molar-refractivity contribution < 1.29 is 9.53 Å². The number of amides is 1. The lowest BCUT2D eigenvalue weighted by Gasteiger charge is -2.15. The Morgan fingerprint density at radius 1 is 1.50 bits per heavy atom. The molecule has 0 aliphatic heterocycles. The van der Waals surface area contributed by atoms with Gasteiger partial charge in [-0.05, 0) is 44.7 Å². The number of carbonyl (C=O) groups excluding carboxylic acids is 1. The molecule has 1 unspecified atom stereocenters. The SMILES string of the molecule is CCNC(=O)C(C)Oc1ccc(Br)c(CNC)c1. The number of nitrogens with one attached hydrogen (secondary N) is 2. The number of likely N-dealkylation sites (N-methyl/N-ethyl adjacent to an activating group) is 1. The van der Waals surface area contributed by atoms with Crippen molar-refractivity contribution in [1.82, 2.24) is 10.6 Å². The fourth-order valence-electron chi connectivity index (χ4n) is 1.53. The molecular weight excluding hydrogens is 296 g/mol. The highest BCUT2D eigenvalue weighted by Gasteiger charge is 2.13. The predicted octanol–water partition coefficient (Wildman–Crippen LogP) is 2.07. The van der Waals surface area contributed by atoms with E-state index in [4.69, 9.17) is 4.74 Å². The molecule has 0 saturated carbocycles. The summed E-state index contributed by atoms with van der Waals surface area (Å²) >= 11 is 3.48. The Hall–Kier alpha value is -1.07. The largest absolute Gasteiger partial charge is 0.481 e. The van der Waals surface area contributed by atoms with Gasteiger partial charge < -0.3 is 15.4 Å². The van der Waals surface area contributed by atoms with Gasteiger partial charge in [0.25, 0.3) is 5.91 Å². The Labute approximate surface area is 116 Å². The molecule has 0 heterocycles. The van der Waals surface area contributed by atoms with Crippen LogP contribution in [0.15, 0.2) is 22.7 Å². The number of carbonyl (C=O) groups is 1. The third-order valence-electron chi connectivity index (χ3n) is 2.42. The lowest BCUT2D eigenvalue weighted by atomic mass is 10.2. The summed E-state index contributed by atoms with van der Waals surface area (Å²) in [6.45, 7) is 4.98. The van der Waals surface area contributed by atoms with Crippen molar-refractivity contribution in [1.29, 1.82) is 0 Å². The van der Waals surface area contributed by atoms with Crippen molar-refractivity contribution in [2.75, 3.05) is 13.6 Å². The quantitative estimate of drug-likeness (QED) is 0.845. The normalized spacial score (nSPS) is 12.0. The van der Waals surface area contributed by atoms with Gasteiger partial charge in [0.2, 0.25) is 0 Å². The summed E-state index contributed by atoms with van der Waals surface area (Å²) in [7, 11) is 1.89. The third kappa shape index (κ3) is 4.31. The highest BCUT2D eigenvalue weighted by atomic mass is 79.9. The molecule has 18 heavy (non-hydrogen) atoms. The van der Waals surface area contributed by atoms with Crippen molar-refractivity contribution in [2.24, 2.45) is 0 Å². The second-order valence-corrected chi connectivity index (χ2v) is 4.79. The van der Waals surface area contributed by atoms with Crippen molar-refractivity contribution in [3.05, 3.63) is 28.2 Å². The van der Waals surface area contributed by atoms with E-state index in [1.807, 2.05) is 32.2 Å². The molecule has 1 atom stereocenters. The van der Waals surface area contributed by atoms with Gasteiger partial charge in [0.15, 0.2) is 6.10 Å². The highest BCUT2D eigenvalue weighted by Crippen LogP contribution is 2.23. The van der Waals surface area contributed by atoms with Gasteiger partial charge in [0, 0.05) is 17.6 Å². The lowest BCUT2D eigenvalue weighted by Crippen LogP contribution is -2.36. The van der Waals surface area contributed by atoms with Crippen molar-refractivity contribution >= 4 is 21.8 Å². The van der Waals surface area contributed by atoms with E-state index in [0.29, 0.717) is 12.3 Å². The van der Waals surface area contributed by atoms with Gasteiger partial charge in [-0.1, -0.05) is 15.9 Å². The molecule has 1 amide bonds. The molecule has 2 N–H and O–H groups in total. The van der Waals surface area contributed by atoms with Gasteiger partial charge >= 0.3 is 0 Å². The van der Waals surface area contributed by atoms with E-state index in [-0.39, 0.29) is 5.91 Å². The summed E-state index contributed by atoms with van der Waals surface area (Å²) in [5, 5.41) is 5.81. The minimum absolute atomic E-state index is 0.101. The van der Waals surface area contributed by atoms with Crippen LogP contribution >= 0.6 is 15.9 Å². The van der Waals surface area contributed by atoms with Gasteiger partial charge in [0.05, 0.1) is 0 Å². The molecule has 5 heteroatoms. The summed E-state index contributed by atoms with van der Waals surface area (Å²) in [5.41, 5.74) is 1.10. The molecule has 1 rings (SSSR count). The van der Waals surface area contributed by atoms with E-state index < -0.39 is 6.10 Å². The molecule has 0 saturated heterocycles. The van der Waals surface area contributed by atoms with E-state index in [1.165, 1.54) is 0 Å². The van der Waals surface area contributed by atoms with Crippen LogP contribution in [-0.2, 0) is 11.3 Å². The molecule has 0 aromatic heterocycles. The molecule has 1 aromatic carbocycles. The Bertz CT molecular complexity index is 410. The Kier molecular flexibility index (Phi) is 6.15. The molecule has 1 aromatic rings. The van der Waals surface area contributed by atoms with Crippen LogP contribution in [-0.4, -0.2) is 25.6 Å². The van der Waals surface area contributed by atoms with Crippen LogP contribution in [0, 0.1) is 0 Å². The fraction of sp³-hybridized carbons (Fsp3) is 0.462. The zero-order valence-electron chi connectivity index (χ0n) is 10.9. The molecule has 0 aliphatic rings. The summed E-state index contributed by atoms with van der Waals surface area (Å²) in [5.74, 6) is 0.595. The number of hydrogen-bond donors (Lipinski definition) is 2. The molecule has 0 fully saturated rings. The van der Waals surface area contributed by atoms with E-state index in [0.717, 1.165) is 16.6 Å². The first-order chi connectivity index (χ1) is 8.58. The molecular formula is C13H19BrN2O2. The number of halogens is 1. The van der Waals surface area contributed by atoms with Crippen LogP contribution in [0.5, 0.6) is 5.75 Å². The van der Waals surface area contributed by atoms with Gasteiger partial charge in [-0.25, -0.2) is 0 Å². The van der Waals surface area contributed by atoms with Crippen LogP contribution in [0.2, 0.25) is 0 Å². The van der Waals surface area contributed by atoms with E-state index in [1.54, 1.807) is 6.92 Å². The van der Waals surface area contributed by atoms with Crippen LogP contribution in [0.25, 0.3) is 0 Å². The maximum absolute atomic E-state index is 11.6. The first kappa shape index (κ1) is 15.0. The van der Waals surface area contributed by atoms with E-state index in [2.05, 4.69) is 26.6 Å². The van der Waals surface area contributed by atoms with Crippen LogP contribution in [0.3, 0.4) is 0 Å². The van der Waals surface area contributed by atoms with Crippen LogP contribution in [0.1, 0.15) is 19.4 Å². The second kappa shape index (κ2) is 7.38. The molecule has 0 bridgehead atoms. The molecule has 0 radical (unpaired) electrons. The smallest absolute Gasteiger partial charge is 0.260 e. The monoisotopic (exact) mass is 314 g/mol. The minimum atomic E-state index is -0.492. The van der Waals surface area contributed by atoms with E-state index in [9.17, 15) is 4.79 Å². The summed E-state index contributed by atoms with van der Waals surface area (Å²) < 4.78 is 6.63. The maximum Gasteiger partial charge on any atom is 0.260 e. The molecule has 0 aliphatic carbocycles. The topological polar surface area (TPSA) is 50.4 Å². The highest BCUT2D eigenvalue weighted by molar-refractivity contribution is 9.10. The predicted molar refractivity (Wildman–Crippen MR) is 75.7 cm³/mol. The molecule has 100 valence electrons. The molecule has 0 spiro atoms. The number of benzene rings is 1. The second-order valence-electron chi connectivity index (χ2n) is 3.94. The molecule has 4 nitrogen and oxygen atoms in total. The first-order valence-electron chi connectivity index (χ1n) is 5.95. The average molecular weight is 315 g/mol. The van der Waals surface area contributed by atoms with E-state index >= 15 is 0 Å². The van der Waals surface area contributed by atoms with Crippen LogP contribution in [0.4, 0.5) is 0 Å². The Morgan fingerprint density at radius 3 is 2.83 bits per heavy atom.